The smallest absolute Gasteiger partial charge is 0.471 e. The van der Waals surface area contributed by atoms with E-state index in [2.05, 4.69) is 0 Å². The van der Waals surface area contributed by atoms with Gasteiger partial charge in [0.25, 0.3) is 0 Å². The topological polar surface area (TPSA) is 66.4 Å². The van der Waals surface area contributed by atoms with Crippen LogP contribution in [0, 0.1) is 5.92 Å². The van der Waals surface area contributed by atoms with Crippen molar-refractivity contribution in [1.29, 1.82) is 0 Å². The summed E-state index contributed by atoms with van der Waals surface area (Å²) in [5.41, 5.74) is 0. The summed E-state index contributed by atoms with van der Waals surface area (Å²) in [5, 5.41) is 10.4. The molecule has 7 heteroatoms. The van der Waals surface area contributed by atoms with E-state index in [1.54, 1.807) is 0 Å². The molecule has 16 heavy (non-hydrogen) atoms. The molecule has 92 valence electrons. The molecule has 1 amide bonds. The van der Waals surface area contributed by atoms with Crippen molar-refractivity contribution in [2.75, 3.05) is 0 Å². The van der Waals surface area contributed by atoms with Gasteiger partial charge in [0.15, 0.2) is 0 Å². The van der Waals surface area contributed by atoms with Crippen LogP contribution in [0.1, 0.15) is 25.7 Å². The number of hydrogen-bond acceptors (Lipinski definition) is 2. The number of hydrogen-bond donors (Lipinski definition) is 2. The second-order valence-electron chi connectivity index (χ2n) is 3.87. The molecule has 0 bridgehead atoms. The van der Waals surface area contributed by atoms with Crippen LogP contribution < -0.4 is 5.32 Å². The van der Waals surface area contributed by atoms with E-state index in [0.29, 0.717) is 19.3 Å². The zero-order valence-electron chi connectivity index (χ0n) is 8.38. The molecule has 0 aliphatic heterocycles. The predicted molar refractivity (Wildman–Crippen MR) is 47.6 cm³/mol. The highest BCUT2D eigenvalue weighted by Crippen LogP contribution is 2.29. The van der Waals surface area contributed by atoms with E-state index < -0.39 is 30.0 Å². The zero-order chi connectivity index (χ0) is 12.3. The first kappa shape index (κ1) is 12.8. The Bertz CT molecular complexity index is 290. The number of amides is 1. The number of nitrogens with one attached hydrogen (secondary N) is 1. The first-order chi connectivity index (χ1) is 7.30. The van der Waals surface area contributed by atoms with Gasteiger partial charge in [-0.25, -0.2) is 0 Å². The summed E-state index contributed by atoms with van der Waals surface area (Å²) in [7, 11) is 0. The van der Waals surface area contributed by atoms with Crippen LogP contribution in [0.3, 0.4) is 0 Å². The first-order valence-corrected chi connectivity index (χ1v) is 4.90. The SMILES string of the molecule is O=C(O)C[C@@H]1CCC[C@@H]1NC(=O)C(F)(F)F. The van der Waals surface area contributed by atoms with Crippen LogP contribution >= 0.6 is 0 Å². The van der Waals surface area contributed by atoms with Crippen LogP contribution in [0.4, 0.5) is 13.2 Å². The Morgan fingerprint density at radius 1 is 1.31 bits per heavy atom. The van der Waals surface area contributed by atoms with Crippen LogP contribution in [0.5, 0.6) is 0 Å². The monoisotopic (exact) mass is 239 g/mol. The molecule has 0 saturated heterocycles. The van der Waals surface area contributed by atoms with Gasteiger partial charge in [-0.2, -0.15) is 13.2 Å². The lowest BCUT2D eigenvalue weighted by molar-refractivity contribution is -0.174. The number of halogens is 3. The number of rotatable bonds is 3. The Balaban J connectivity index is 2.53. The quantitative estimate of drug-likeness (QED) is 0.780. The third-order valence-electron chi connectivity index (χ3n) is 2.67. The number of carboxylic acids is 1. The van der Waals surface area contributed by atoms with Crippen molar-refractivity contribution in [2.45, 2.75) is 37.9 Å². The number of carbonyl (C=O) groups excluding carboxylic acids is 1. The van der Waals surface area contributed by atoms with Crippen molar-refractivity contribution in [3.8, 4) is 0 Å². The zero-order valence-corrected chi connectivity index (χ0v) is 8.38. The van der Waals surface area contributed by atoms with Gasteiger partial charge in [0, 0.05) is 6.04 Å². The lowest BCUT2D eigenvalue weighted by atomic mass is 9.99. The van der Waals surface area contributed by atoms with Gasteiger partial charge in [-0.1, -0.05) is 6.42 Å². The van der Waals surface area contributed by atoms with Crippen LogP contribution in [-0.2, 0) is 9.59 Å². The van der Waals surface area contributed by atoms with Crippen LogP contribution in [0.25, 0.3) is 0 Å². The minimum Gasteiger partial charge on any atom is -0.481 e. The highest BCUT2D eigenvalue weighted by atomic mass is 19.4. The molecule has 2 atom stereocenters. The van der Waals surface area contributed by atoms with Gasteiger partial charge in [-0.05, 0) is 18.8 Å². The third kappa shape index (κ3) is 3.39. The fourth-order valence-corrected chi connectivity index (χ4v) is 1.95. The average Bonchev–Trinajstić information content (AvgIpc) is 2.50. The summed E-state index contributed by atoms with van der Waals surface area (Å²) in [6.07, 6.45) is -3.53. The van der Waals surface area contributed by atoms with E-state index in [4.69, 9.17) is 5.11 Å². The van der Waals surface area contributed by atoms with E-state index in [9.17, 15) is 22.8 Å². The molecule has 0 heterocycles. The summed E-state index contributed by atoms with van der Waals surface area (Å²) in [5.74, 6) is -3.45. The maximum absolute atomic E-state index is 12.0. The maximum atomic E-state index is 12.0. The van der Waals surface area contributed by atoms with E-state index in [-0.39, 0.29) is 6.42 Å². The highest BCUT2D eigenvalue weighted by molar-refractivity contribution is 5.82. The molecule has 0 unspecified atom stereocenters. The van der Waals surface area contributed by atoms with Gasteiger partial charge in [-0.3, -0.25) is 9.59 Å². The molecule has 1 rings (SSSR count). The van der Waals surface area contributed by atoms with Gasteiger partial charge < -0.3 is 10.4 Å². The van der Waals surface area contributed by atoms with Crippen molar-refractivity contribution in [3.63, 3.8) is 0 Å². The van der Waals surface area contributed by atoms with Gasteiger partial charge in [0.1, 0.15) is 0 Å². The van der Waals surface area contributed by atoms with Crippen molar-refractivity contribution in [1.82, 2.24) is 5.32 Å². The third-order valence-corrected chi connectivity index (χ3v) is 2.67. The average molecular weight is 239 g/mol. The second-order valence-corrected chi connectivity index (χ2v) is 3.87. The Hall–Kier alpha value is -1.27. The number of aliphatic carboxylic acids is 1. The minimum absolute atomic E-state index is 0.206. The van der Waals surface area contributed by atoms with Crippen LogP contribution in [-0.4, -0.2) is 29.2 Å². The number of alkyl halides is 3. The first-order valence-electron chi connectivity index (χ1n) is 4.90. The Morgan fingerprint density at radius 3 is 2.44 bits per heavy atom. The largest absolute Gasteiger partial charge is 0.481 e. The van der Waals surface area contributed by atoms with Crippen molar-refractivity contribution < 1.29 is 27.9 Å². The molecular formula is C9H12F3NO3. The standard InChI is InChI=1S/C9H12F3NO3/c10-9(11,12)8(16)13-6-3-1-2-5(6)4-7(14)15/h5-6H,1-4H2,(H,13,16)(H,14,15)/t5-,6-/m0/s1. The fourth-order valence-electron chi connectivity index (χ4n) is 1.95. The summed E-state index contributed by atoms with van der Waals surface area (Å²) < 4.78 is 35.9. The molecule has 1 aliphatic carbocycles. The fraction of sp³-hybridized carbons (Fsp3) is 0.778. The van der Waals surface area contributed by atoms with Gasteiger partial charge in [0.2, 0.25) is 0 Å². The van der Waals surface area contributed by atoms with E-state index in [1.165, 1.54) is 0 Å². The van der Waals surface area contributed by atoms with Gasteiger partial charge in [0.05, 0.1) is 6.42 Å². The number of carboxylic acid groups (broad SMARTS) is 1. The van der Waals surface area contributed by atoms with Crippen LogP contribution in [0.2, 0.25) is 0 Å². The molecule has 0 spiro atoms. The molecule has 0 radical (unpaired) electrons. The predicted octanol–water partition coefficient (Wildman–Crippen LogP) is 1.31. The Kier molecular flexibility index (Phi) is 3.77. The van der Waals surface area contributed by atoms with E-state index in [1.807, 2.05) is 5.32 Å². The van der Waals surface area contributed by atoms with Crippen LogP contribution in [0.15, 0.2) is 0 Å². The summed E-state index contributed by atoms with van der Waals surface area (Å²) >= 11 is 0. The van der Waals surface area contributed by atoms with Gasteiger partial charge in [-0.15, -0.1) is 0 Å². The normalized spacial score (nSPS) is 25.4. The molecule has 2 N–H and O–H groups in total. The van der Waals surface area contributed by atoms with Crippen molar-refractivity contribution in [2.24, 2.45) is 5.92 Å². The minimum atomic E-state index is -4.91. The summed E-state index contributed by atoms with van der Waals surface area (Å²) in [4.78, 5) is 21.1. The second kappa shape index (κ2) is 4.71. The summed E-state index contributed by atoms with van der Waals surface area (Å²) in [6.45, 7) is 0. The molecule has 0 aromatic carbocycles. The van der Waals surface area contributed by atoms with Crippen molar-refractivity contribution >= 4 is 11.9 Å². The molecule has 4 nitrogen and oxygen atoms in total. The lowest BCUT2D eigenvalue weighted by Gasteiger charge is -2.20. The molecular weight excluding hydrogens is 227 g/mol. The van der Waals surface area contributed by atoms with Gasteiger partial charge >= 0.3 is 18.1 Å². The van der Waals surface area contributed by atoms with E-state index >= 15 is 0 Å². The molecule has 1 aliphatic rings. The maximum Gasteiger partial charge on any atom is 0.471 e. The molecule has 0 aromatic heterocycles. The highest BCUT2D eigenvalue weighted by Gasteiger charge is 2.41. The lowest BCUT2D eigenvalue weighted by Crippen LogP contribution is -2.44. The Morgan fingerprint density at radius 2 is 1.94 bits per heavy atom. The molecule has 1 saturated carbocycles. The Labute approximate surface area is 89.8 Å². The van der Waals surface area contributed by atoms with Crippen molar-refractivity contribution in [3.05, 3.63) is 0 Å². The summed E-state index contributed by atoms with van der Waals surface area (Å²) in [6, 6.07) is -0.676. The number of carbonyl (C=O) groups is 2. The molecule has 0 aromatic rings. The van der Waals surface area contributed by atoms with E-state index in [0.717, 1.165) is 0 Å². The molecule has 1 fully saturated rings.